The van der Waals surface area contributed by atoms with Crippen molar-refractivity contribution in [2.45, 2.75) is 45.4 Å². The summed E-state index contributed by atoms with van der Waals surface area (Å²) in [6.07, 6.45) is -0.164. The van der Waals surface area contributed by atoms with E-state index in [-0.39, 0.29) is 24.8 Å². The molecule has 0 aromatic heterocycles. The maximum atomic E-state index is 12.9. The predicted molar refractivity (Wildman–Crippen MR) is 109 cm³/mol. The SMILES string of the molecule is CC(C)(C)OC(=O)N1Cc2ccccc2CC1C(=O)NCC(=O)c1ccccc1. The van der Waals surface area contributed by atoms with Crippen molar-refractivity contribution in [1.82, 2.24) is 10.2 Å². The Balaban J connectivity index is 1.75. The molecule has 29 heavy (non-hydrogen) atoms. The van der Waals surface area contributed by atoms with Gasteiger partial charge < -0.3 is 10.1 Å². The molecule has 1 aliphatic heterocycles. The van der Waals surface area contributed by atoms with Gasteiger partial charge in [-0.15, -0.1) is 0 Å². The Morgan fingerprint density at radius 1 is 1.00 bits per heavy atom. The molecule has 2 amide bonds. The molecular formula is C23H26N2O4. The number of ether oxygens (including phenoxy) is 1. The molecule has 3 rings (SSSR count). The minimum atomic E-state index is -0.733. The molecule has 0 saturated carbocycles. The molecule has 0 fully saturated rings. The van der Waals surface area contributed by atoms with Crippen molar-refractivity contribution in [3.63, 3.8) is 0 Å². The number of fused-ring (bicyclic) bond motifs is 1. The lowest BCUT2D eigenvalue weighted by atomic mass is 9.93. The second kappa shape index (κ2) is 8.47. The zero-order valence-electron chi connectivity index (χ0n) is 17.0. The van der Waals surface area contributed by atoms with Gasteiger partial charge in [0.1, 0.15) is 11.6 Å². The largest absolute Gasteiger partial charge is 0.444 e. The first-order valence-electron chi connectivity index (χ1n) is 9.67. The Labute approximate surface area is 170 Å². The number of hydrogen-bond acceptors (Lipinski definition) is 4. The first kappa shape index (κ1) is 20.6. The van der Waals surface area contributed by atoms with Crippen LogP contribution in [0.25, 0.3) is 0 Å². The fourth-order valence-corrected chi connectivity index (χ4v) is 3.28. The maximum Gasteiger partial charge on any atom is 0.411 e. The van der Waals surface area contributed by atoms with Crippen molar-refractivity contribution in [2.75, 3.05) is 6.54 Å². The Morgan fingerprint density at radius 3 is 2.28 bits per heavy atom. The van der Waals surface area contributed by atoms with Crippen LogP contribution in [0.3, 0.4) is 0 Å². The number of benzene rings is 2. The minimum absolute atomic E-state index is 0.122. The average Bonchev–Trinajstić information content (AvgIpc) is 2.70. The van der Waals surface area contributed by atoms with Gasteiger partial charge in [-0.1, -0.05) is 54.6 Å². The highest BCUT2D eigenvalue weighted by Crippen LogP contribution is 2.25. The first-order valence-corrected chi connectivity index (χ1v) is 9.67. The van der Waals surface area contributed by atoms with Crippen LogP contribution in [0, 0.1) is 0 Å². The first-order chi connectivity index (χ1) is 13.7. The predicted octanol–water partition coefficient (Wildman–Crippen LogP) is 3.35. The average molecular weight is 394 g/mol. The van der Waals surface area contributed by atoms with Gasteiger partial charge in [-0.3, -0.25) is 14.5 Å². The molecular weight excluding hydrogens is 368 g/mol. The smallest absolute Gasteiger partial charge is 0.411 e. The van der Waals surface area contributed by atoms with Gasteiger partial charge in [0, 0.05) is 12.0 Å². The molecule has 2 aromatic rings. The van der Waals surface area contributed by atoms with E-state index in [4.69, 9.17) is 4.74 Å². The van der Waals surface area contributed by atoms with E-state index in [1.54, 1.807) is 45.0 Å². The summed E-state index contributed by atoms with van der Waals surface area (Å²) in [5.74, 6) is -0.548. The van der Waals surface area contributed by atoms with Crippen molar-refractivity contribution < 1.29 is 19.1 Å². The third-order valence-corrected chi connectivity index (χ3v) is 4.70. The van der Waals surface area contributed by atoms with Crippen LogP contribution in [0.4, 0.5) is 4.79 Å². The lowest BCUT2D eigenvalue weighted by Crippen LogP contribution is -2.54. The zero-order valence-corrected chi connectivity index (χ0v) is 17.0. The van der Waals surface area contributed by atoms with Gasteiger partial charge >= 0.3 is 6.09 Å². The highest BCUT2D eigenvalue weighted by atomic mass is 16.6. The molecule has 0 saturated heterocycles. The third-order valence-electron chi connectivity index (χ3n) is 4.70. The molecule has 1 atom stereocenters. The molecule has 1 unspecified atom stereocenters. The molecule has 2 aromatic carbocycles. The minimum Gasteiger partial charge on any atom is -0.444 e. The van der Waals surface area contributed by atoms with Crippen molar-refractivity contribution in [3.05, 3.63) is 71.3 Å². The lowest BCUT2D eigenvalue weighted by Gasteiger charge is -2.36. The summed E-state index contributed by atoms with van der Waals surface area (Å²) in [4.78, 5) is 39.4. The Morgan fingerprint density at radius 2 is 1.62 bits per heavy atom. The number of hydrogen-bond donors (Lipinski definition) is 1. The number of rotatable bonds is 4. The quantitative estimate of drug-likeness (QED) is 0.807. The number of Topliss-reactive ketones (excluding diaryl/α,β-unsaturated/α-hetero) is 1. The Kier molecular flexibility index (Phi) is 6.01. The highest BCUT2D eigenvalue weighted by molar-refractivity contribution is 6.00. The highest BCUT2D eigenvalue weighted by Gasteiger charge is 2.37. The Bertz CT molecular complexity index is 903. The van der Waals surface area contributed by atoms with E-state index in [9.17, 15) is 14.4 Å². The monoisotopic (exact) mass is 394 g/mol. The van der Waals surface area contributed by atoms with E-state index in [1.165, 1.54) is 4.90 Å². The topological polar surface area (TPSA) is 75.7 Å². The van der Waals surface area contributed by atoms with E-state index >= 15 is 0 Å². The maximum absolute atomic E-state index is 12.9. The van der Waals surface area contributed by atoms with Crippen LogP contribution >= 0.6 is 0 Å². The normalized spacial score (nSPS) is 16.0. The van der Waals surface area contributed by atoms with Crippen LogP contribution in [0.5, 0.6) is 0 Å². The van der Waals surface area contributed by atoms with E-state index < -0.39 is 17.7 Å². The molecule has 1 N–H and O–H groups in total. The summed E-state index contributed by atoms with van der Waals surface area (Å²) in [5.41, 5.74) is 1.87. The molecule has 152 valence electrons. The number of ketones is 1. The van der Waals surface area contributed by atoms with Crippen molar-refractivity contribution in [2.24, 2.45) is 0 Å². The fraction of sp³-hybridized carbons (Fsp3) is 0.348. The summed E-state index contributed by atoms with van der Waals surface area (Å²) in [5, 5.41) is 2.69. The van der Waals surface area contributed by atoms with Crippen LogP contribution in [0.2, 0.25) is 0 Å². The Hall–Kier alpha value is -3.15. The third kappa shape index (κ3) is 5.22. The van der Waals surface area contributed by atoms with Crippen LogP contribution in [-0.2, 0) is 22.5 Å². The van der Waals surface area contributed by atoms with Gasteiger partial charge in [0.2, 0.25) is 5.91 Å². The van der Waals surface area contributed by atoms with Gasteiger partial charge in [0.05, 0.1) is 13.1 Å². The van der Waals surface area contributed by atoms with Gasteiger partial charge in [-0.25, -0.2) is 4.79 Å². The number of nitrogens with one attached hydrogen (secondary N) is 1. The van der Waals surface area contributed by atoms with Crippen LogP contribution < -0.4 is 5.32 Å². The lowest BCUT2D eigenvalue weighted by molar-refractivity contribution is -0.126. The molecule has 1 aliphatic rings. The van der Waals surface area contributed by atoms with Crippen molar-refractivity contribution >= 4 is 17.8 Å². The standard InChI is InChI=1S/C23H26N2O4/c1-23(2,3)29-22(28)25-15-18-12-8-7-11-17(18)13-19(25)21(27)24-14-20(26)16-9-5-4-6-10-16/h4-12,19H,13-15H2,1-3H3,(H,24,27). The molecule has 0 radical (unpaired) electrons. The molecule has 0 bridgehead atoms. The molecule has 0 aliphatic carbocycles. The van der Waals surface area contributed by atoms with Crippen molar-refractivity contribution in [1.29, 1.82) is 0 Å². The van der Waals surface area contributed by atoms with Gasteiger partial charge in [-0.05, 0) is 31.9 Å². The summed E-state index contributed by atoms with van der Waals surface area (Å²) in [7, 11) is 0. The number of nitrogens with zero attached hydrogens (tertiary/aromatic N) is 1. The molecule has 0 spiro atoms. The molecule has 6 heteroatoms. The summed E-state index contributed by atoms with van der Waals surface area (Å²) in [6.45, 7) is 5.53. The van der Waals surface area contributed by atoms with Gasteiger partial charge in [0.25, 0.3) is 0 Å². The second-order valence-electron chi connectivity index (χ2n) is 8.10. The van der Waals surface area contributed by atoms with Crippen LogP contribution in [0.15, 0.2) is 54.6 Å². The second-order valence-corrected chi connectivity index (χ2v) is 8.10. The van der Waals surface area contributed by atoms with Gasteiger partial charge in [-0.2, -0.15) is 0 Å². The van der Waals surface area contributed by atoms with E-state index in [0.29, 0.717) is 12.0 Å². The van der Waals surface area contributed by atoms with E-state index in [0.717, 1.165) is 11.1 Å². The van der Waals surface area contributed by atoms with E-state index in [2.05, 4.69) is 5.32 Å². The molecule has 1 heterocycles. The summed E-state index contributed by atoms with van der Waals surface area (Å²) >= 11 is 0. The fourth-order valence-electron chi connectivity index (χ4n) is 3.28. The van der Waals surface area contributed by atoms with Crippen LogP contribution in [0.1, 0.15) is 42.3 Å². The summed E-state index contributed by atoms with van der Waals surface area (Å²) in [6, 6.07) is 15.8. The molecule has 6 nitrogen and oxygen atoms in total. The summed E-state index contributed by atoms with van der Waals surface area (Å²) < 4.78 is 5.51. The van der Waals surface area contributed by atoms with Gasteiger partial charge in [0.15, 0.2) is 5.78 Å². The van der Waals surface area contributed by atoms with Crippen molar-refractivity contribution in [3.8, 4) is 0 Å². The van der Waals surface area contributed by atoms with Crippen LogP contribution in [-0.4, -0.2) is 40.9 Å². The number of carbonyl (C=O) groups is 3. The number of carbonyl (C=O) groups excluding carboxylic acids is 3. The zero-order chi connectivity index (χ0) is 21.0. The van der Waals surface area contributed by atoms with E-state index in [1.807, 2.05) is 30.3 Å². The number of amides is 2.